The van der Waals surface area contributed by atoms with Crippen LogP contribution in [0, 0.1) is 6.92 Å². The first-order valence-corrected chi connectivity index (χ1v) is 11.6. The van der Waals surface area contributed by atoms with Crippen molar-refractivity contribution in [2.45, 2.75) is 56.6 Å². The third-order valence-corrected chi connectivity index (χ3v) is 6.67. The monoisotopic (exact) mass is 430 g/mol. The molecule has 2 aliphatic heterocycles. The van der Waals surface area contributed by atoms with Gasteiger partial charge >= 0.3 is 0 Å². The molecule has 30 heavy (non-hydrogen) atoms. The average molecular weight is 431 g/mol. The molecule has 2 aliphatic rings. The van der Waals surface area contributed by atoms with Crippen molar-refractivity contribution in [1.82, 2.24) is 0 Å². The van der Waals surface area contributed by atoms with E-state index in [0.29, 0.717) is 12.4 Å². The fourth-order valence-corrected chi connectivity index (χ4v) is 4.68. The van der Waals surface area contributed by atoms with Gasteiger partial charge in [-0.3, -0.25) is 0 Å². The normalized spacial score (nSPS) is 26.5. The Hall–Kier alpha value is -2.19. The second kappa shape index (κ2) is 8.15. The summed E-state index contributed by atoms with van der Waals surface area (Å²) in [4.78, 5) is 0.276. The van der Waals surface area contributed by atoms with Gasteiger partial charge in [0.05, 0.1) is 17.3 Å². The molecule has 2 fully saturated rings. The molecule has 0 N–H and O–H groups in total. The Morgan fingerprint density at radius 2 is 1.73 bits per heavy atom. The molecule has 0 aliphatic carbocycles. The van der Waals surface area contributed by atoms with Gasteiger partial charge in [0.15, 0.2) is 21.7 Å². The van der Waals surface area contributed by atoms with Crippen molar-refractivity contribution >= 4 is 9.84 Å². The maximum atomic E-state index is 12.7. The summed E-state index contributed by atoms with van der Waals surface area (Å²) in [6.07, 6.45) is -0.0839. The first kappa shape index (κ1) is 21.1. The zero-order valence-electron chi connectivity index (χ0n) is 17.3. The van der Waals surface area contributed by atoms with Crippen LogP contribution in [0.2, 0.25) is 0 Å². The van der Waals surface area contributed by atoms with Crippen LogP contribution < -0.4 is 0 Å². The van der Waals surface area contributed by atoms with E-state index in [1.807, 2.05) is 51.1 Å². The van der Waals surface area contributed by atoms with Gasteiger partial charge in [-0.15, -0.1) is 0 Å². The third-order valence-electron chi connectivity index (χ3n) is 5.08. The molecule has 0 bridgehead atoms. The van der Waals surface area contributed by atoms with Gasteiger partial charge in [0.1, 0.15) is 11.9 Å². The Labute approximate surface area is 177 Å². The van der Waals surface area contributed by atoms with Crippen molar-refractivity contribution in [2.24, 2.45) is 0 Å². The van der Waals surface area contributed by atoms with Crippen LogP contribution in [0.15, 0.2) is 71.3 Å². The van der Waals surface area contributed by atoms with E-state index in [2.05, 4.69) is 0 Å². The van der Waals surface area contributed by atoms with Crippen molar-refractivity contribution in [3.63, 3.8) is 0 Å². The molecule has 0 unspecified atom stereocenters. The summed E-state index contributed by atoms with van der Waals surface area (Å²) in [5, 5.41) is 0. The maximum Gasteiger partial charge on any atom is 0.231 e. The lowest BCUT2D eigenvalue weighted by atomic mass is 10.2. The fraction of sp³-hybridized carbons (Fsp3) is 0.391. The topological polar surface area (TPSA) is 71.1 Å². The van der Waals surface area contributed by atoms with Crippen LogP contribution in [0.1, 0.15) is 25.0 Å². The lowest BCUT2D eigenvalue weighted by Gasteiger charge is -2.22. The van der Waals surface area contributed by atoms with E-state index < -0.39 is 34.1 Å². The number of sulfone groups is 1. The van der Waals surface area contributed by atoms with E-state index >= 15 is 0 Å². The van der Waals surface area contributed by atoms with Gasteiger partial charge in [0.25, 0.3) is 0 Å². The summed E-state index contributed by atoms with van der Waals surface area (Å²) in [5.74, 6) is -0.560. The van der Waals surface area contributed by atoms with Crippen molar-refractivity contribution in [2.75, 3.05) is 5.75 Å². The molecule has 0 radical (unpaired) electrons. The first-order chi connectivity index (χ1) is 14.2. The maximum absolute atomic E-state index is 12.7. The highest BCUT2D eigenvalue weighted by Crippen LogP contribution is 2.40. The minimum Gasteiger partial charge on any atom is -0.464 e. The van der Waals surface area contributed by atoms with Crippen molar-refractivity contribution in [3.8, 4) is 0 Å². The lowest BCUT2D eigenvalue weighted by Crippen LogP contribution is -2.31. The molecule has 0 spiro atoms. The summed E-state index contributed by atoms with van der Waals surface area (Å²) in [6, 6.07) is 16.6. The summed E-state index contributed by atoms with van der Waals surface area (Å²) in [5.41, 5.74) is 2.01. The molecule has 6 nitrogen and oxygen atoms in total. The molecule has 0 saturated carbocycles. The number of aryl methyl sites for hydroxylation is 1. The Morgan fingerprint density at radius 3 is 2.43 bits per heavy atom. The van der Waals surface area contributed by atoms with Crippen molar-refractivity contribution in [3.05, 3.63) is 77.6 Å². The van der Waals surface area contributed by atoms with Crippen molar-refractivity contribution < 1.29 is 27.4 Å². The SMILES string of the molecule is Cc1ccc(S(=O)(=O)C/C=C2/O[C@@H]3OC(C)(C)O[C@@H]3[C@H]2OCc2ccccc2)cc1. The Kier molecular flexibility index (Phi) is 5.72. The summed E-state index contributed by atoms with van der Waals surface area (Å²) in [7, 11) is -3.50. The molecule has 0 aromatic heterocycles. The summed E-state index contributed by atoms with van der Waals surface area (Å²) in [6.45, 7) is 5.89. The molecule has 2 aromatic carbocycles. The number of hydrogen-bond donors (Lipinski definition) is 0. The van der Waals surface area contributed by atoms with Crippen LogP contribution in [0.4, 0.5) is 0 Å². The van der Waals surface area contributed by atoms with Gasteiger partial charge in [-0.2, -0.15) is 0 Å². The zero-order valence-corrected chi connectivity index (χ0v) is 18.1. The highest BCUT2D eigenvalue weighted by Gasteiger charge is 2.54. The molecule has 4 rings (SSSR count). The molecule has 160 valence electrons. The van der Waals surface area contributed by atoms with Gasteiger partial charge in [-0.25, -0.2) is 8.42 Å². The lowest BCUT2D eigenvalue weighted by molar-refractivity contribution is -0.191. The third kappa shape index (κ3) is 4.59. The van der Waals surface area contributed by atoms with E-state index in [9.17, 15) is 8.42 Å². The minimum absolute atomic E-state index is 0.195. The molecule has 7 heteroatoms. The summed E-state index contributed by atoms with van der Waals surface area (Å²) < 4.78 is 49.2. The second-order valence-electron chi connectivity index (χ2n) is 8.00. The summed E-state index contributed by atoms with van der Waals surface area (Å²) >= 11 is 0. The Bertz CT molecular complexity index is 1010. The van der Waals surface area contributed by atoms with E-state index in [1.165, 1.54) is 0 Å². The van der Waals surface area contributed by atoms with Crippen LogP contribution in [0.3, 0.4) is 0 Å². The van der Waals surface area contributed by atoms with E-state index in [0.717, 1.165) is 11.1 Å². The quantitative estimate of drug-likeness (QED) is 0.695. The van der Waals surface area contributed by atoms with Gasteiger partial charge in [0.2, 0.25) is 6.29 Å². The Balaban J connectivity index is 1.53. The highest BCUT2D eigenvalue weighted by molar-refractivity contribution is 7.91. The molecular formula is C23H26O6S. The predicted octanol–water partition coefficient (Wildman–Crippen LogP) is 3.75. The molecule has 2 saturated heterocycles. The Morgan fingerprint density at radius 1 is 1.03 bits per heavy atom. The van der Waals surface area contributed by atoms with Crippen LogP contribution in [-0.4, -0.2) is 38.5 Å². The largest absolute Gasteiger partial charge is 0.464 e. The van der Waals surface area contributed by atoms with Gasteiger partial charge < -0.3 is 18.9 Å². The van der Waals surface area contributed by atoms with E-state index in [4.69, 9.17) is 18.9 Å². The minimum atomic E-state index is -3.50. The van der Waals surface area contributed by atoms with Crippen LogP contribution >= 0.6 is 0 Å². The number of rotatable bonds is 6. The second-order valence-corrected chi connectivity index (χ2v) is 10.0. The molecule has 0 amide bonds. The highest BCUT2D eigenvalue weighted by atomic mass is 32.2. The fourth-order valence-electron chi connectivity index (χ4n) is 3.55. The van der Waals surface area contributed by atoms with Crippen LogP contribution in [0.5, 0.6) is 0 Å². The standard InChI is InChI=1S/C23H26O6S/c1-16-9-11-18(12-10-16)30(24,25)14-13-19-20(26-15-17-7-5-4-6-8-17)21-22(27-19)29-23(2,3)28-21/h4-13,20-22H,14-15H2,1-3H3/b19-13+/t20-,21+,22+/m0/s1. The predicted molar refractivity (Wildman–Crippen MR) is 111 cm³/mol. The number of ether oxygens (including phenoxy) is 4. The first-order valence-electron chi connectivity index (χ1n) is 9.91. The molecule has 2 aromatic rings. The smallest absolute Gasteiger partial charge is 0.231 e. The molecular weight excluding hydrogens is 404 g/mol. The zero-order chi connectivity index (χ0) is 21.4. The molecule has 2 heterocycles. The number of fused-ring (bicyclic) bond motifs is 1. The number of hydrogen-bond acceptors (Lipinski definition) is 6. The van der Waals surface area contributed by atoms with Crippen LogP contribution in [-0.2, 0) is 35.4 Å². The molecule has 3 atom stereocenters. The van der Waals surface area contributed by atoms with Gasteiger partial charge in [-0.1, -0.05) is 48.0 Å². The van der Waals surface area contributed by atoms with Crippen LogP contribution in [0.25, 0.3) is 0 Å². The number of benzene rings is 2. The van der Waals surface area contributed by atoms with Gasteiger partial charge in [0, 0.05) is 0 Å². The van der Waals surface area contributed by atoms with E-state index in [-0.39, 0.29) is 10.6 Å². The van der Waals surface area contributed by atoms with Crippen molar-refractivity contribution in [1.29, 1.82) is 0 Å². The average Bonchev–Trinajstić information content (AvgIpc) is 3.17. The van der Waals surface area contributed by atoms with Gasteiger partial charge in [-0.05, 0) is 44.5 Å². The van der Waals surface area contributed by atoms with E-state index in [1.54, 1.807) is 30.3 Å².